The van der Waals surface area contributed by atoms with Gasteiger partial charge in [0.25, 0.3) is 0 Å². The Balaban J connectivity index is 3.15. The van der Waals surface area contributed by atoms with E-state index in [1.807, 2.05) is 0 Å². The molecule has 0 saturated carbocycles. The first-order valence-electron chi connectivity index (χ1n) is 3.57. The van der Waals surface area contributed by atoms with E-state index in [9.17, 15) is 4.39 Å². The number of halogens is 3. The Bertz CT molecular complexity index is 321. The Kier molecular flexibility index (Phi) is 3.67. The summed E-state index contributed by atoms with van der Waals surface area (Å²) < 4.78 is 13.6. The van der Waals surface area contributed by atoms with E-state index in [0.717, 1.165) is 0 Å². The fourth-order valence-corrected chi connectivity index (χ4v) is 1.85. The van der Waals surface area contributed by atoms with Crippen LogP contribution in [0.15, 0.2) is 16.6 Å². The number of aliphatic hydroxyl groups excluding tert-OH is 1. The molecular weight excluding hydrogens is 260 g/mol. The summed E-state index contributed by atoms with van der Waals surface area (Å²) in [6.07, 6.45) is 0. The lowest BCUT2D eigenvalue weighted by Crippen LogP contribution is -2.15. The maximum Gasteiger partial charge on any atom is 0.142 e. The van der Waals surface area contributed by atoms with E-state index >= 15 is 0 Å². The van der Waals surface area contributed by atoms with E-state index in [-0.39, 0.29) is 11.6 Å². The highest BCUT2D eigenvalue weighted by Crippen LogP contribution is 2.27. The molecule has 0 fully saturated rings. The van der Waals surface area contributed by atoms with Gasteiger partial charge in [-0.15, -0.1) is 0 Å². The van der Waals surface area contributed by atoms with Gasteiger partial charge in [-0.05, 0) is 17.7 Å². The highest BCUT2D eigenvalue weighted by atomic mass is 79.9. The minimum Gasteiger partial charge on any atom is -0.394 e. The van der Waals surface area contributed by atoms with Crippen LogP contribution < -0.4 is 5.73 Å². The van der Waals surface area contributed by atoms with Gasteiger partial charge in [-0.25, -0.2) is 4.39 Å². The average molecular weight is 269 g/mol. The lowest BCUT2D eigenvalue weighted by atomic mass is 10.1. The molecule has 1 aromatic carbocycles. The topological polar surface area (TPSA) is 46.2 Å². The van der Waals surface area contributed by atoms with Gasteiger partial charge < -0.3 is 10.8 Å². The Morgan fingerprint density at radius 1 is 1.62 bits per heavy atom. The second kappa shape index (κ2) is 4.37. The van der Waals surface area contributed by atoms with Crippen molar-refractivity contribution in [3.05, 3.63) is 33.0 Å². The molecule has 0 unspecified atom stereocenters. The van der Waals surface area contributed by atoms with Gasteiger partial charge in [0.15, 0.2) is 0 Å². The van der Waals surface area contributed by atoms with Crippen molar-refractivity contribution in [3.8, 4) is 0 Å². The normalized spacial score (nSPS) is 13.0. The molecule has 5 heteroatoms. The third kappa shape index (κ3) is 2.40. The van der Waals surface area contributed by atoms with E-state index in [0.29, 0.717) is 10.0 Å². The van der Waals surface area contributed by atoms with E-state index in [4.69, 9.17) is 22.4 Å². The van der Waals surface area contributed by atoms with Crippen molar-refractivity contribution in [2.45, 2.75) is 6.04 Å². The van der Waals surface area contributed by atoms with Crippen molar-refractivity contribution in [3.63, 3.8) is 0 Å². The molecule has 1 atom stereocenters. The van der Waals surface area contributed by atoms with Crippen molar-refractivity contribution in [2.24, 2.45) is 5.73 Å². The summed E-state index contributed by atoms with van der Waals surface area (Å²) in [6.45, 7) is -0.236. The number of rotatable bonds is 2. The highest BCUT2D eigenvalue weighted by molar-refractivity contribution is 9.10. The quantitative estimate of drug-likeness (QED) is 0.808. The minimum atomic E-state index is -0.596. The second-order valence-corrected chi connectivity index (χ2v) is 3.84. The Morgan fingerprint density at radius 2 is 2.23 bits per heavy atom. The first kappa shape index (κ1) is 10.9. The SMILES string of the molecule is N[C@H](CO)c1cc(F)c(Cl)cc1Br. The van der Waals surface area contributed by atoms with Gasteiger partial charge >= 0.3 is 0 Å². The summed E-state index contributed by atoms with van der Waals surface area (Å²) in [7, 11) is 0. The number of nitrogens with two attached hydrogens (primary N) is 1. The summed E-state index contributed by atoms with van der Waals surface area (Å²) in [4.78, 5) is 0. The number of benzene rings is 1. The maximum atomic E-state index is 13.0. The monoisotopic (exact) mass is 267 g/mol. The summed E-state index contributed by atoms with van der Waals surface area (Å²) in [5.41, 5.74) is 6.03. The molecule has 1 aromatic rings. The Hall–Kier alpha value is -0.160. The van der Waals surface area contributed by atoms with Crippen molar-refractivity contribution in [2.75, 3.05) is 6.61 Å². The first-order chi connectivity index (χ1) is 6.06. The zero-order valence-electron chi connectivity index (χ0n) is 6.60. The average Bonchev–Trinajstić information content (AvgIpc) is 2.10. The van der Waals surface area contributed by atoms with Crippen molar-refractivity contribution < 1.29 is 9.50 Å². The number of hydrogen-bond donors (Lipinski definition) is 2. The molecule has 0 amide bonds. The van der Waals surface area contributed by atoms with Gasteiger partial charge in [-0.1, -0.05) is 27.5 Å². The molecule has 0 aliphatic carbocycles. The molecule has 0 heterocycles. The van der Waals surface area contributed by atoms with Crippen molar-refractivity contribution >= 4 is 27.5 Å². The van der Waals surface area contributed by atoms with Gasteiger partial charge in [-0.3, -0.25) is 0 Å². The van der Waals surface area contributed by atoms with E-state index in [1.54, 1.807) is 0 Å². The van der Waals surface area contributed by atoms with Crippen LogP contribution >= 0.6 is 27.5 Å². The number of hydrogen-bond acceptors (Lipinski definition) is 2. The molecule has 0 aliphatic rings. The second-order valence-electron chi connectivity index (χ2n) is 2.58. The predicted molar refractivity (Wildman–Crippen MR) is 53.1 cm³/mol. The van der Waals surface area contributed by atoms with Gasteiger partial charge in [0.2, 0.25) is 0 Å². The molecule has 0 aliphatic heterocycles. The highest BCUT2D eigenvalue weighted by Gasteiger charge is 2.12. The van der Waals surface area contributed by atoms with Crippen LogP contribution in [0.1, 0.15) is 11.6 Å². The summed E-state index contributed by atoms with van der Waals surface area (Å²) in [5, 5.41) is 8.80. The lowest BCUT2D eigenvalue weighted by Gasteiger charge is -2.11. The standard InChI is InChI=1S/C8H8BrClFNO/c9-5-2-6(10)7(11)1-4(5)8(12)3-13/h1-2,8,13H,3,12H2/t8-/m1/s1. The van der Waals surface area contributed by atoms with Crippen LogP contribution in [0, 0.1) is 5.82 Å². The molecule has 2 nitrogen and oxygen atoms in total. The van der Waals surface area contributed by atoms with Crippen LogP contribution in [0.3, 0.4) is 0 Å². The van der Waals surface area contributed by atoms with Crippen LogP contribution in [0.2, 0.25) is 5.02 Å². The first-order valence-corrected chi connectivity index (χ1v) is 4.74. The lowest BCUT2D eigenvalue weighted by molar-refractivity contribution is 0.267. The third-order valence-corrected chi connectivity index (χ3v) is 2.61. The molecule has 0 spiro atoms. The summed E-state index contributed by atoms with van der Waals surface area (Å²) in [6, 6.07) is 2.04. The maximum absolute atomic E-state index is 13.0. The number of aliphatic hydroxyl groups is 1. The van der Waals surface area contributed by atoms with Crippen molar-refractivity contribution in [1.29, 1.82) is 0 Å². The van der Waals surface area contributed by atoms with Crippen LogP contribution in [0.5, 0.6) is 0 Å². The van der Waals surface area contributed by atoms with E-state index in [1.165, 1.54) is 12.1 Å². The van der Waals surface area contributed by atoms with Gasteiger partial charge in [-0.2, -0.15) is 0 Å². The van der Waals surface area contributed by atoms with Gasteiger partial charge in [0.05, 0.1) is 17.7 Å². The van der Waals surface area contributed by atoms with Crippen LogP contribution in [0.4, 0.5) is 4.39 Å². The van der Waals surface area contributed by atoms with Gasteiger partial charge in [0.1, 0.15) is 5.82 Å². The zero-order valence-corrected chi connectivity index (χ0v) is 8.94. The Labute approximate surface area is 88.6 Å². The van der Waals surface area contributed by atoms with E-state index in [2.05, 4.69) is 15.9 Å². The zero-order chi connectivity index (χ0) is 10.0. The molecule has 0 aromatic heterocycles. The third-order valence-electron chi connectivity index (χ3n) is 1.64. The fourth-order valence-electron chi connectivity index (χ4n) is 0.920. The smallest absolute Gasteiger partial charge is 0.142 e. The predicted octanol–water partition coefficient (Wildman–Crippen LogP) is 2.23. The Morgan fingerprint density at radius 3 is 2.77 bits per heavy atom. The molecule has 13 heavy (non-hydrogen) atoms. The molecule has 0 bridgehead atoms. The summed E-state index contributed by atoms with van der Waals surface area (Å²) in [5.74, 6) is -0.538. The van der Waals surface area contributed by atoms with Crippen LogP contribution in [-0.2, 0) is 0 Å². The van der Waals surface area contributed by atoms with Crippen LogP contribution in [0.25, 0.3) is 0 Å². The van der Waals surface area contributed by atoms with Crippen LogP contribution in [-0.4, -0.2) is 11.7 Å². The fraction of sp³-hybridized carbons (Fsp3) is 0.250. The molecule has 0 saturated heterocycles. The van der Waals surface area contributed by atoms with Crippen molar-refractivity contribution in [1.82, 2.24) is 0 Å². The minimum absolute atomic E-state index is 0.0285. The largest absolute Gasteiger partial charge is 0.394 e. The summed E-state index contributed by atoms with van der Waals surface area (Å²) >= 11 is 8.71. The molecule has 3 N–H and O–H groups in total. The van der Waals surface area contributed by atoms with E-state index < -0.39 is 11.9 Å². The molecule has 0 radical (unpaired) electrons. The molecule has 72 valence electrons. The van der Waals surface area contributed by atoms with Gasteiger partial charge in [0, 0.05) is 4.47 Å². The molecule has 1 rings (SSSR count). The molecular formula is C8H8BrClFNO.